The summed E-state index contributed by atoms with van der Waals surface area (Å²) in [5, 5.41) is 3.26. The molecule has 2 aromatic carbocycles. The number of thioether (sulfide) groups is 1. The molecule has 1 amide bonds. The Labute approximate surface area is 135 Å². The molecule has 0 atom stereocenters. The van der Waals surface area contributed by atoms with Crippen LogP contribution in [0.3, 0.4) is 0 Å². The third-order valence-corrected chi connectivity index (χ3v) is 4.28. The van der Waals surface area contributed by atoms with Gasteiger partial charge in [-0.25, -0.2) is 0 Å². The van der Waals surface area contributed by atoms with Crippen molar-refractivity contribution in [2.45, 2.75) is 4.90 Å². The van der Waals surface area contributed by atoms with E-state index in [1.807, 2.05) is 24.3 Å². The summed E-state index contributed by atoms with van der Waals surface area (Å²) >= 11 is 10.7. The third-order valence-electron chi connectivity index (χ3n) is 2.45. The number of nitrogens with one attached hydrogen (secondary N) is 1. The van der Waals surface area contributed by atoms with E-state index >= 15 is 0 Å². The fourth-order valence-electron chi connectivity index (χ4n) is 1.52. The zero-order valence-corrected chi connectivity index (χ0v) is 13.6. The van der Waals surface area contributed by atoms with Crippen LogP contribution in [0.5, 0.6) is 0 Å². The second-order valence-electron chi connectivity index (χ2n) is 4.03. The summed E-state index contributed by atoms with van der Waals surface area (Å²) < 4.78 is 0.994. The molecule has 0 heterocycles. The normalized spacial score (nSPS) is 10.3. The molecule has 3 N–H and O–H groups in total. The average Bonchev–Trinajstić information content (AvgIpc) is 2.41. The summed E-state index contributed by atoms with van der Waals surface area (Å²) in [6.07, 6.45) is 0. The molecule has 0 radical (unpaired) electrons. The van der Waals surface area contributed by atoms with E-state index in [9.17, 15) is 4.79 Å². The van der Waals surface area contributed by atoms with E-state index in [2.05, 4.69) is 21.2 Å². The Morgan fingerprint density at radius 3 is 2.80 bits per heavy atom. The first-order valence-electron chi connectivity index (χ1n) is 5.78. The number of anilines is 2. The average molecular weight is 372 g/mol. The molecule has 0 spiro atoms. The Morgan fingerprint density at radius 1 is 1.30 bits per heavy atom. The van der Waals surface area contributed by atoms with Gasteiger partial charge in [0.25, 0.3) is 0 Å². The monoisotopic (exact) mass is 370 g/mol. The van der Waals surface area contributed by atoms with Gasteiger partial charge in [0.15, 0.2) is 0 Å². The molecule has 0 aromatic heterocycles. The quantitative estimate of drug-likeness (QED) is 0.618. The zero-order chi connectivity index (χ0) is 14.5. The fourth-order valence-corrected chi connectivity index (χ4v) is 2.95. The standard InChI is InChI=1S/C14H12BrClN2OS/c15-9-2-1-3-11(6-9)20-8-14(19)18-10-4-5-12(16)13(17)7-10/h1-7H,8,17H2,(H,18,19). The highest BCUT2D eigenvalue weighted by molar-refractivity contribution is 9.10. The highest BCUT2D eigenvalue weighted by Gasteiger charge is 2.05. The smallest absolute Gasteiger partial charge is 0.234 e. The van der Waals surface area contributed by atoms with Crippen molar-refractivity contribution in [1.82, 2.24) is 0 Å². The largest absolute Gasteiger partial charge is 0.397 e. The van der Waals surface area contributed by atoms with Crippen LogP contribution < -0.4 is 11.1 Å². The number of nitrogen functional groups attached to an aromatic ring is 1. The van der Waals surface area contributed by atoms with Crippen LogP contribution in [0.15, 0.2) is 51.8 Å². The van der Waals surface area contributed by atoms with Crippen molar-refractivity contribution >= 4 is 56.6 Å². The number of amides is 1. The molecular formula is C14H12BrClN2OS. The molecule has 20 heavy (non-hydrogen) atoms. The third kappa shape index (κ3) is 4.44. The van der Waals surface area contributed by atoms with Crippen LogP contribution in [0.1, 0.15) is 0 Å². The fraction of sp³-hybridized carbons (Fsp3) is 0.0714. The van der Waals surface area contributed by atoms with Gasteiger partial charge in [-0.2, -0.15) is 0 Å². The Bertz CT molecular complexity index is 636. The molecule has 0 unspecified atom stereocenters. The van der Waals surface area contributed by atoms with Crippen LogP contribution in [0.4, 0.5) is 11.4 Å². The number of hydrogen-bond acceptors (Lipinski definition) is 3. The minimum Gasteiger partial charge on any atom is -0.397 e. The van der Waals surface area contributed by atoms with Crippen molar-refractivity contribution in [1.29, 1.82) is 0 Å². The lowest BCUT2D eigenvalue weighted by Crippen LogP contribution is -2.14. The number of hydrogen-bond donors (Lipinski definition) is 2. The van der Waals surface area contributed by atoms with Crippen LogP contribution in [-0.4, -0.2) is 11.7 Å². The molecule has 0 aliphatic carbocycles. The molecular weight excluding hydrogens is 360 g/mol. The molecule has 0 fully saturated rings. The Morgan fingerprint density at radius 2 is 2.10 bits per heavy atom. The minimum absolute atomic E-state index is 0.0864. The minimum atomic E-state index is -0.0864. The van der Waals surface area contributed by atoms with Gasteiger partial charge in [-0.1, -0.05) is 33.6 Å². The summed E-state index contributed by atoms with van der Waals surface area (Å²) in [6, 6.07) is 12.8. The first-order chi connectivity index (χ1) is 9.54. The summed E-state index contributed by atoms with van der Waals surface area (Å²) in [5.74, 6) is 0.246. The van der Waals surface area contributed by atoms with Gasteiger partial charge < -0.3 is 11.1 Å². The number of carbonyl (C=O) groups is 1. The van der Waals surface area contributed by atoms with Gasteiger partial charge in [-0.15, -0.1) is 11.8 Å². The van der Waals surface area contributed by atoms with E-state index in [-0.39, 0.29) is 5.91 Å². The van der Waals surface area contributed by atoms with Gasteiger partial charge >= 0.3 is 0 Å². The van der Waals surface area contributed by atoms with Crippen molar-refractivity contribution in [3.8, 4) is 0 Å². The molecule has 104 valence electrons. The predicted molar refractivity (Wildman–Crippen MR) is 89.4 cm³/mol. The molecule has 2 aromatic rings. The number of benzene rings is 2. The van der Waals surface area contributed by atoms with Crippen molar-refractivity contribution < 1.29 is 4.79 Å². The highest BCUT2D eigenvalue weighted by atomic mass is 79.9. The van der Waals surface area contributed by atoms with E-state index in [1.54, 1.807) is 18.2 Å². The maximum absolute atomic E-state index is 11.8. The lowest BCUT2D eigenvalue weighted by molar-refractivity contribution is -0.113. The van der Waals surface area contributed by atoms with Crippen molar-refractivity contribution in [3.63, 3.8) is 0 Å². The topological polar surface area (TPSA) is 55.1 Å². The molecule has 0 aliphatic rings. The second-order valence-corrected chi connectivity index (χ2v) is 6.40. The molecule has 0 saturated carbocycles. The first-order valence-corrected chi connectivity index (χ1v) is 7.93. The van der Waals surface area contributed by atoms with Gasteiger partial charge in [-0.3, -0.25) is 4.79 Å². The number of carbonyl (C=O) groups excluding carboxylic acids is 1. The lowest BCUT2D eigenvalue weighted by atomic mass is 10.3. The van der Waals surface area contributed by atoms with Gasteiger partial charge in [0.2, 0.25) is 5.91 Å². The summed E-state index contributed by atoms with van der Waals surface area (Å²) in [7, 11) is 0. The second kappa shape index (κ2) is 7.02. The summed E-state index contributed by atoms with van der Waals surface area (Å²) in [6.45, 7) is 0. The SMILES string of the molecule is Nc1cc(NC(=O)CSc2cccc(Br)c2)ccc1Cl. The lowest BCUT2D eigenvalue weighted by Gasteiger charge is -2.07. The number of nitrogens with two attached hydrogens (primary N) is 1. The van der Waals surface area contributed by atoms with Crippen molar-refractivity contribution in [2.75, 3.05) is 16.8 Å². The Kier molecular flexibility index (Phi) is 5.34. The van der Waals surface area contributed by atoms with Crippen molar-refractivity contribution in [2.24, 2.45) is 0 Å². The van der Waals surface area contributed by atoms with Crippen LogP contribution in [0.25, 0.3) is 0 Å². The zero-order valence-electron chi connectivity index (χ0n) is 10.4. The highest BCUT2D eigenvalue weighted by Crippen LogP contribution is 2.24. The van der Waals surface area contributed by atoms with Crippen LogP contribution in [-0.2, 0) is 4.79 Å². The van der Waals surface area contributed by atoms with E-state index in [0.29, 0.717) is 22.2 Å². The Balaban J connectivity index is 1.91. The maximum atomic E-state index is 11.8. The number of rotatable bonds is 4. The van der Waals surface area contributed by atoms with E-state index in [1.165, 1.54) is 11.8 Å². The van der Waals surface area contributed by atoms with E-state index in [4.69, 9.17) is 17.3 Å². The van der Waals surface area contributed by atoms with Crippen LogP contribution in [0.2, 0.25) is 5.02 Å². The van der Waals surface area contributed by atoms with E-state index in [0.717, 1.165) is 9.37 Å². The molecule has 0 aliphatic heterocycles. The van der Waals surface area contributed by atoms with Gasteiger partial charge in [-0.05, 0) is 36.4 Å². The molecule has 6 heteroatoms. The molecule has 2 rings (SSSR count). The van der Waals surface area contributed by atoms with Gasteiger partial charge in [0.1, 0.15) is 0 Å². The Hall–Kier alpha value is -1.17. The molecule has 3 nitrogen and oxygen atoms in total. The van der Waals surface area contributed by atoms with Crippen molar-refractivity contribution in [3.05, 3.63) is 52.0 Å². The van der Waals surface area contributed by atoms with Crippen LogP contribution in [0, 0.1) is 0 Å². The van der Waals surface area contributed by atoms with Gasteiger partial charge in [0.05, 0.1) is 16.5 Å². The maximum Gasteiger partial charge on any atom is 0.234 e. The molecule has 0 saturated heterocycles. The van der Waals surface area contributed by atoms with E-state index < -0.39 is 0 Å². The van der Waals surface area contributed by atoms with Crippen LogP contribution >= 0.6 is 39.3 Å². The summed E-state index contributed by atoms with van der Waals surface area (Å²) in [5.41, 5.74) is 6.78. The van der Waals surface area contributed by atoms with Gasteiger partial charge in [0, 0.05) is 15.1 Å². The predicted octanol–water partition coefficient (Wildman–Crippen LogP) is 4.42. The molecule has 0 bridgehead atoms. The number of halogens is 2. The first kappa shape index (κ1) is 15.2. The summed E-state index contributed by atoms with van der Waals surface area (Å²) in [4.78, 5) is 12.9.